The topological polar surface area (TPSA) is 12.5 Å². The molecule has 0 bridgehead atoms. The van der Waals surface area contributed by atoms with Gasteiger partial charge in [-0.25, -0.2) is 0 Å². The lowest BCUT2D eigenvalue weighted by molar-refractivity contribution is -0.261. The van der Waals surface area contributed by atoms with E-state index in [0.717, 1.165) is 13.0 Å². The number of hydroxylamine groups is 2. The molecule has 1 aromatic rings. The maximum Gasteiger partial charge on any atom is 0.0685 e. The maximum absolute atomic E-state index is 6.15. The van der Waals surface area contributed by atoms with Crippen LogP contribution in [0.5, 0.6) is 0 Å². The van der Waals surface area contributed by atoms with E-state index in [-0.39, 0.29) is 11.1 Å². The summed E-state index contributed by atoms with van der Waals surface area (Å²) in [6, 6.07) is 8.70. The zero-order valence-electron chi connectivity index (χ0n) is 13.0. The second-order valence-electron chi connectivity index (χ2n) is 6.50. The molecule has 19 heavy (non-hydrogen) atoms. The Morgan fingerprint density at radius 3 is 1.95 bits per heavy atom. The fourth-order valence-electron chi connectivity index (χ4n) is 3.30. The van der Waals surface area contributed by atoms with Crippen LogP contribution in [0.4, 0.5) is 0 Å². The lowest BCUT2D eigenvalue weighted by atomic mass is 9.91. The Bertz CT molecular complexity index is 402. The molecule has 0 aliphatic carbocycles. The lowest BCUT2D eigenvalue weighted by Gasteiger charge is -2.39. The highest BCUT2D eigenvalue weighted by molar-refractivity contribution is 5.42. The number of rotatable bonds is 5. The third kappa shape index (κ3) is 2.44. The van der Waals surface area contributed by atoms with Gasteiger partial charge in [-0.15, -0.1) is 0 Å². The van der Waals surface area contributed by atoms with Crippen LogP contribution in [-0.2, 0) is 15.9 Å². The quantitative estimate of drug-likeness (QED) is 0.719. The van der Waals surface area contributed by atoms with Gasteiger partial charge in [0.2, 0.25) is 0 Å². The monoisotopic (exact) mass is 261 g/mol. The summed E-state index contributed by atoms with van der Waals surface area (Å²) in [5, 5.41) is 2.19. The number of unbranched alkanes of at least 4 members (excludes halogenated alkanes) is 2. The highest BCUT2D eigenvalue weighted by Gasteiger charge is 2.49. The summed E-state index contributed by atoms with van der Waals surface area (Å²) in [5.74, 6) is 0. The summed E-state index contributed by atoms with van der Waals surface area (Å²) < 4.78 is 0. The molecule has 2 heteroatoms. The number of hydrogen-bond donors (Lipinski definition) is 0. The van der Waals surface area contributed by atoms with E-state index in [0.29, 0.717) is 0 Å². The number of hydrogen-bond acceptors (Lipinski definition) is 2. The highest BCUT2D eigenvalue weighted by atomic mass is 16.7. The molecule has 0 radical (unpaired) electrons. The minimum Gasteiger partial charge on any atom is -0.297 e. The van der Waals surface area contributed by atoms with Crippen LogP contribution in [0.15, 0.2) is 24.3 Å². The zero-order valence-corrected chi connectivity index (χ0v) is 13.0. The first-order chi connectivity index (χ1) is 8.92. The Morgan fingerprint density at radius 1 is 0.947 bits per heavy atom. The lowest BCUT2D eigenvalue weighted by Crippen LogP contribution is -2.45. The highest BCUT2D eigenvalue weighted by Crippen LogP contribution is 2.49. The summed E-state index contributed by atoms with van der Waals surface area (Å²) in [5.41, 5.74) is 2.64. The molecule has 0 atom stereocenters. The Hall–Kier alpha value is -0.860. The van der Waals surface area contributed by atoms with Crippen molar-refractivity contribution in [3.8, 4) is 0 Å². The van der Waals surface area contributed by atoms with E-state index in [1.807, 2.05) is 0 Å². The van der Waals surface area contributed by atoms with E-state index >= 15 is 0 Å². The van der Waals surface area contributed by atoms with Crippen LogP contribution in [0.3, 0.4) is 0 Å². The number of benzene rings is 1. The summed E-state index contributed by atoms with van der Waals surface area (Å²) in [7, 11) is 0. The normalized spacial score (nSPS) is 20.5. The first-order valence-corrected chi connectivity index (χ1v) is 7.45. The van der Waals surface area contributed by atoms with Gasteiger partial charge < -0.3 is 0 Å². The van der Waals surface area contributed by atoms with Gasteiger partial charge in [-0.2, -0.15) is 5.06 Å². The van der Waals surface area contributed by atoms with Gasteiger partial charge in [0.25, 0.3) is 0 Å². The Morgan fingerprint density at radius 2 is 1.47 bits per heavy atom. The minimum absolute atomic E-state index is 0.0632. The first-order valence-electron chi connectivity index (χ1n) is 7.45. The molecule has 0 N–H and O–H groups in total. The van der Waals surface area contributed by atoms with E-state index in [2.05, 4.69) is 63.9 Å². The van der Waals surface area contributed by atoms with Crippen LogP contribution in [0.1, 0.15) is 65.0 Å². The van der Waals surface area contributed by atoms with Gasteiger partial charge in [0.05, 0.1) is 17.7 Å². The van der Waals surface area contributed by atoms with E-state index in [9.17, 15) is 0 Å². The fraction of sp³-hybridized carbons (Fsp3) is 0.647. The Kier molecular flexibility index (Phi) is 4.03. The number of fused-ring (bicyclic) bond motifs is 1. The van der Waals surface area contributed by atoms with Gasteiger partial charge in [0, 0.05) is 0 Å². The minimum atomic E-state index is -0.0632. The maximum atomic E-state index is 6.15. The molecule has 0 unspecified atom stereocenters. The second-order valence-corrected chi connectivity index (χ2v) is 6.50. The van der Waals surface area contributed by atoms with Gasteiger partial charge in [-0.05, 0) is 45.2 Å². The van der Waals surface area contributed by atoms with Crippen molar-refractivity contribution in [1.29, 1.82) is 0 Å². The molecular formula is C17H27NO. The van der Waals surface area contributed by atoms with Crippen molar-refractivity contribution < 1.29 is 4.84 Å². The summed E-state index contributed by atoms with van der Waals surface area (Å²) >= 11 is 0. The van der Waals surface area contributed by atoms with E-state index in [1.54, 1.807) is 0 Å². The molecule has 0 saturated carbocycles. The molecule has 0 aromatic heterocycles. The van der Waals surface area contributed by atoms with Crippen molar-refractivity contribution in [2.45, 2.75) is 65.0 Å². The Labute approximate surface area is 117 Å². The average Bonchev–Trinajstić information content (AvgIpc) is 2.52. The van der Waals surface area contributed by atoms with Crippen molar-refractivity contribution in [2.24, 2.45) is 0 Å². The van der Waals surface area contributed by atoms with Crippen molar-refractivity contribution in [3.63, 3.8) is 0 Å². The molecule has 0 spiro atoms. The van der Waals surface area contributed by atoms with Crippen LogP contribution in [0, 0.1) is 0 Å². The molecule has 0 amide bonds. The van der Waals surface area contributed by atoms with Crippen LogP contribution in [0.25, 0.3) is 0 Å². The van der Waals surface area contributed by atoms with E-state index in [4.69, 9.17) is 4.84 Å². The van der Waals surface area contributed by atoms with Gasteiger partial charge >= 0.3 is 0 Å². The van der Waals surface area contributed by atoms with Crippen molar-refractivity contribution in [2.75, 3.05) is 6.61 Å². The molecule has 1 aliphatic rings. The molecule has 0 fully saturated rings. The molecule has 2 rings (SSSR count). The fourth-order valence-corrected chi connectivity index (χ4v) is 3.30. The zero-order chi connectivity index (χ0) is 14.1. The predicted octanol–water partition coefficient (Wildman–Crippen LogP) is 4.59. The molecular weight excluding hydrogens is 234 g/mol. The van der Waals surface area contributed by atoms with Gasteiger partial charge in [-0.1, -0.05) is 44.0 Å². The van der Waals surface area contributed by atoms with Crippen molar-refractivity contribution in [3.05, 3.63) is 35.4 Å². The van der Waals surface area contributed by atoms with Crippen LogP contribution in [0.2, 0.25) is 0 Å². The van der Waals surface area contributed by atoms with Gasteiger partial charge in [-0.3, -0.25) is 4.84 Å². The molecule has 2 nitrogen and oxygen atoms in total. The second kappa shape index (κ2) is 5.26. The van der Waals surface area contributed by atoms with Crippen LogP contribution in [-0.4, -0.2) is 11.7 Å². The first kappa shape index (κ1) is 14.5. The van der Waals surface area contributed by atoms with E-state index < -0.39 is 0 Å². The Balaban J connectivity index is 2.21. The SMILES string of the molecule is CCCCCON1C(C)(C)c2ccccc2C1(C)C. The standard InChI is InChI=1S/C17H27NO/c1-6-7-10-13-19-18-16(2,3)14-11-8-9-12-15(14)17(18,4)5/h8-9,11-12H,6-7,10,13H2,1-5H3. The van der Waals surface area contributed by atoms with Crippen LogP contribution < -0.4 is 0 Å². The third-order valence-electron chi connectivity index (χ3n) is 4.23. The molecule has 1 aliphatic heterocycles. The predicted molar refractivity (Wildman–Crippen MR) is 79.8 cm³/mol. The third-order valence-corrected chi connectivity index (χ3v) is 4.23. The van der Waals surface area contributed by atoms with Crippen molar-refractivity contribution in [1.82, 2.24) is 5.06 Å². The van der Waals surface area contributed by atoms with Gasteiger partial charge in [0.15, 0.2) is 0 Å². The van der Waals surface area contributed by atoms with Crippen molar-refractivity contribution >= 4 is 0 Å². The molecule has 1 aromatic carbocycles. The smallest absolute Gasteiger partial charge is 0.0685 e. The molecule has 1 heterocycles. The molecule has 0 saturated heterocycles. The largest absolute Gasteiger partial charge is 0.297 e. The summed E-state index contributed by atoms with van der Waals surface area (Å²) in [6.07, 6.45) is 3.60. The summed E-state index contributed by atoms with van der Waals surface area (Å²) in [4.78, 5) is 6.15. The number of nitrogens with zero attached hydrogens (tertiary/aromatic N) is 1. The van der Waals surface area contributed by atoms with E-state index in [1.165, 1.54) is 24.0 Å². The summed E-state index contributed by atoms with van der Waals surface area (Å²) in [6.45, 7) is 12.0. The average molecular weight is 261 g/mol. The van der Waals surface area contributed by atoms with Gasteiger partial charge in [0.1, 0.15) is 0 Å². The molecule has 106 valence electrons. The van der Waals surface area contributed by atoms with Crippen LogP contribution >= 0.6 is 0 Å².